The average Bonchev–Trinajstić information content (AvgIpc) is 0.735. The predicted molar refractivity (Wildman–Crippen MR) is 446 cm³/mol. The smallest absolute Gasteiger partial charge is 0.0979 e. The van der Waals surface area contributed by atoms with E-state index in [2.05, 4.69) is 362 Å². The average molecular weight is 1470 g/mol. The molecule has 0 amide bonds. The van der Waals surface area contributed by atoms with Crippen molar-refractivity contribution in [2.45, 2.75) is 7.43 Å². The summed E-state index contributed by atoms with van der Waals surface area (Å²) in [5.74, 6) is 0. The van der Waals surface area contributed by atoms with Crippen molar-refractivity contribution in [2.75, 3.05) is 15.1 Å². The fourth-order valence-electron chi connectivity index (χ4n) is 13.2. The zero-order valence-corrected chi connectivity index (χ0v) is 59.1. The molecule has 0 radical (unpaired) electrons. The molecular formula is C95H69Br2N7. The van der Waals surface area contributed by atoms with Crippen LogP contribution in [0.15, 0.2) is 397 Å². The molecule has 2 heterocycles. The Hall–Kier alpha value is -12.7. The maximum atomic E-state index is 5.25. The van der Waals surface area contributed by atoms with Crippen LogP contribution in [0.1, 0.15) is 7.43 Å². The van der Waals surface area contributed by atoms with Crippen molar-refractivity contribution < 1.29 is 0 Å². The standard InChI is InChI=1S/C56H40N4.C20H10Br2N2.C18H15N.CH4/c1-5-15-41(16-6-1)43-25-33-49(34-26-43)59(47-19-9-3-10-20-47)51-37-29-45(30-38-51)55-56(58-54-24-14-13-23-53(54)57-55)46-31-39-52(40-32-46)60(48-21-11-4-12-22-48)50-35-27-44(28-36-50)42-17-7-2-8-18-42;21-11-5-7-13-15(9-11)16-10-12(22)6-8-14(16)20-19(13)23-17-3-1-2-4-18(17)24-20;1-3-7-15(8-4-1)16-11-13-18(14-12-16)19-17-9-5-2-6-10-17;/h1-40H;1-10H;1-14,19H;1H4. The van der Waals surface area contributed by atoms with Gasteiger partial charge < -0.3 is 15.1 Å². The summed E-state index contributed by atoms with van der Waals surface area (Å²) < 4.78 is 2.12. The van der Waals surface area contributed by atoms with Crippen LogP contribution in [-0.4, -0.2) is 19.9 Å². The maximum absolute atomic E-state index is 5.25. The predicted octanol–water partition coefficient (Wildman–Crippen LogP) is 27.6. The molecule has 2 aromatic heterocycles. The third-order valence-electron chi connectivity index (χ3n) is 18.3. The fraction of sp³-hybridized carbons (Fsp3) is 0.0105. The Morgan fingerprint density at radius 3 is 0.798 bits per heavy atom. The largest absolute Gasteiger partial charge is 0.356 e. The lowest BCUT2D eigenvalue weighted by atomic mass is 9.99. The van der Waals surface area contributed by atoms with Crippen LogP contribution in [0.3, 0.4) is 0 Å². The molecule has 0 spiro atoms. The van der Waals surface area contributed by atoms with Gasteiger partial charge in [-0.1, -0.05) is 282 Å². The van der Waals surface area contributed by atoms with Crippen LogP contribution in [-0.2, 0) is 0 Å². The Bertz CT molecular complexity index is 5620. The second-order valence-corrected chi connectivity index (χ2v) is 26.7. The molecule has 16 aromatic carbocycles. The molecule has 0 aliphatic rings. The van der Waals surface area contributed by atoms with E-state index >= 15 is 0 Å². The van der Waals surface area contributed by atoms with E-state index < -0.39 is 0 Å². The Kier molecular flexibility index (Phi) is 20.1. The lowest BCUT2D eigenvalue weighted by molar-refractivity contribution is 1.26. The summed E-state index contributed by atoms with van der Waals surface area (Å²) in [5.41, 5.74) is 25.0. The molecule has 0 saturated carbocycles. The van der Waals surface area contributed by atoms with Crippen LogP contribution >= 0.6 is 31.9 Å². The highest BCUT2D eigenvalue weighted by Gasteiger charge is 2.20. The number of para-hydroxylation sites is 7. The molecule has 9 heteroatoms. The molecule has 18 aromatic rings. The lowest BCUT2D eigenvalue weighted by Gasteiger charge is -2.26. The van der Waals surface area contributed by atoms with Gasteiger partial charge in [-0.3, -0.25) is 0 Å². The minimum Gasteiger partial charge on any atom is -0.356 e. The van der Waals surface area contributed by atoms with Crippen LogP contribution in [0.4, 0.5) is 45.5 Å². The summed E-state index contributed by atoms with van der Waals surface area (Å²) >= 11 is 7.19. The summed E-state index contributed by atoms with van der Waals surface area (Å²) in [6.45, 7) is 0. The van der Waals surface area contributed by atoms with Crippen molar-refractivity contribution in [2.24, 2.45) is 0 Å². The molecule has 0 saturated heterocycles. The summed E-state index contributed by atoms with van der Waals surface area (Å²) in [5, 5.41) is 7.98. The number of hydrogen-bond donors (Lipinski definition) is 1. The molecule has 0 atom stereocenters. The minimum absolute atomic E-state index is 0. The van der Waals surface area contributed by atoms with E-state index in [1.807, 2.05) is 72.8 Å². The molecule has 1 N–H and O–H groups in total. The zero-order valence-electron chi connectivity index (χ0n) is 55.9. The first-order valence-corrected chi connectivity index (χ1v) is 35.8. The number of halogens is 2. The first kappa shape index (κ1) is 67.2. The van der Waals surface area contributed by atoms with Gasteiger partial charge in [-0.25, -0.2) is 19.9 Å². The third kappa shape index (κ3) is 14.8. The molecule has 7 nitrogen and oxygen atoms in total. The van der Waals surface area contributed by atoms with Crippen LogP contribution in [0.25, 0.3) is 111 Å². The van der Waals surface area contributed by atoms with Gasteiger partial charge >= 0.3 is 0 Å². The molecule has 0 aliphatic carbocycles. The van der Waals surface area contributed by atoms with Crippen LogP contribution < -0.4 is 15.1 Å². The zero-order chi connectivity index (χ0) is 69.3. The summed E-state index contributed by atoms with van der Waals surface area (Å²) in [6, 6.07) is 135. The second kappa shape index (κ2) is 31.1. The highest BCUT2D eigenvalue weighted by atomic mass is 79.9. The number of aromatic nitrogens is 4. The number of fused-ring (bicyclic) bond motifs is 8. The van der Waals surface area contributed by atoms with Gasteiger partial charge in [-0.2, -0.15) is 0 Å². The van der Waals surface area contributed by atoms with E-state index in [-0.39, 0.29) is 7.43 Å². The molecule has 498 valence electrons. The van der Waals surface area contributed by atoms with Gasteiger partial charge in [0.15, 0.2) is 0 Å². The van der Waals surface area contributed by atoms with E-state index in [1.165, 1.54) is 44.2 Å². The Labute approximate surface area is 623 Å². The number of hydrogen-bond acceptors (Lipinski definition) is 7. The van der Waals surface area contributed by atoms with Gasteiger partial charge in [0.25, 0.3) is 0 Å². The molecule has 18 rings (SSSR count). The Morgan fingerprint density at radius 1 is 0.212 bits per heavy atom. The SMILES string of the molecule is Brc1ccc2c(c1)c1cc(Br)ccc1c1nc3ccccc3nc21.C.c1ccc(-c2ccc(N(c3ccccc3)c3ccc(-c4nc5ccccc5nc4-c4ccc(N(c5ccccc5)c5ccc(-c6ccccc6)cc5)cc4)cc3)cc2)cc1.c1ccc(Nc2ccc(-c3ccccc3)cc2)cc1. The van der Waals surface area contributed by atoms with Gasteiger partial charge in [-0.05, 0) is 190 Å². The number of nitrogens with one attached hydrogen (secondary N) is 1. The fourth-order valence-corrected chi connectivity index (χ4v) is 13.9. The normalized spacial score (nSPS) is 10.9. The van der Waals surface area contributed by atoms with Gasteiger partial charge in [0, 0.05) is 76.3 Å². The van der Waals surface area contributed by atoms with E-state index in [1.54, 1.807) is 0 Å². The first-order valence-electron chi connectivity index (χ1n) is 34.2. The summed E-state index contributed by atoms with van der Waals surface area (Å²) in [4.78, 5) is 24.9. The Morgan fingerprint density at radius 2 is 0.462 bits per heavy atom. The molecule has 0 aliphatic heterocycles. The van der Waals surface area contributed by atoms with Gasteiger partial charge in [-0.15, -0.1) is 0 Å². The number of benzene rings is 16. The molecular weight excluding hydrogens is 1400 g/mol. The summed E-state index contributed by atoms with van der Waals surface area (Å²) in [6.07, 6.45) is 0. The molecule has 104 heavy (non-hydrogen) atoms. The maximum Gasteiger partial charge on any atom is 0.0979 e. The van der Waals surface area contributed by atoms with E-state index in [9.17, 15) is 0 Å². The van der Waals surface area contributed by atoms with E-state index in [0.29, 0.717) is 0 Å². The van der Waals surface area contributed by atoms with Crippen LogP contribution in [0.2, 0.25) is 0 Å². The number of nitrogens with zero attached hydrogens (tertiary/aromatic N) is 6. The molecule has 0 unspecified atom stereocenters. The van der Waals surface area contributed by atoms with E-state index in [0.717, 1.165) is 121 Å². The van der Waals surface area contributed by atoms with Crippen LogP contribution in [0.5, 0.6) is 0 Å². The van der Waals surface area contributed by atoms with E-state index in [4.69, 9.17) is 19.9 Å². The molecule has 0 bridgehead atoms. The van der Waals surface area contributed by atoms with Crippen molar-refractivity contribution in [1.29, 1.82) is 0 Å². The quantitative estimate of drug-likeness (QED) is 0.0911. The van der Waals surface area contributed by atoms with Crippen molar-refractivity contribution in [3.05, 3.63) is 397 Å². The van der Waals surface area contributed by atoms with Crippen molar-refractivity contribution in [3.8, 4) is 55.9 Å². The van der Waals surface area contributed by atoms with Crippen molar-refractivity contribution in [1.82, 2.24) is 19.9 Å². The third-order valence-corrected chi connectivity index (χ3v) is 19.2. The number of anilines is 8. The highest BCUT2D eigenvalue weighted by molar-refractivity contribution is 9.10. The number of rotatable bonds is 13. The summed E-state index contributed by atoms with van der Waals surface area (Å²) in [7, 11) is 0. The van der Waals surface area contributed by atoms with Gasteiger partial charge in [0.05, 0.1) is 44.5 Å². The Balaban J connectivity index is 0.000000160. The molecule has 0 fully saturated rings. The minimum atomic E-state index is 0. The lowest BCUT2D eigenvalue weighted by Crippen LogP contribution is -2.10. The van der Waals surface area contributed by atoms with Gasteiger partial charge in [0.2, 0.25) is 0 Å². The van der Waals surface area contributed by atoms with Gasteiger partial charge in [0.1, 0.15) is 0 Å². The van der Waals surface area contributed by atoms with Crippen LogP contribution in [0, 0.1) is 0 Å². The second-order valence-electron chi connectivity index (χ2n) is 24.9. The van der Waals surface area contributed by atoms with Crippen molar-refractivity contribution >= 4 is 132 Å². The monoisotopic (exact) mass is 1470 g/mol. The van der Waals surface area contributed by atoms with Crippen molar-refractivity contribution in [3.63, 3.8) is 0 Å². The first-order chi connectivity index (χ1) is 50.9. The topological polar surface area (TPSA) is 70.1 Å². The highest BCUT2D eigenvalue weighted by Crippen LogP contribution is 2.42.